The number of carbonyl (C=O) groups excluding carboxylic acids is 1. The highest BCUT2D eigenvalue weighted by Gasteiger charge is 2.26. The Labute approximate surface area is 176 Å². The molecule has 0 bridgehead atoms. The van der Waals surface area contributed by atoms with Crippen LogP contribution in [0.15, 0.2) is 29.3 Å². The van der Waals surface area contributed by atoms with Crippen molar-refractivity contribution in [1.29, 1.82) is 0 Å². The predicted octanol–water partition coefficient (Wildman–Crippen LogP) is 3.35. The van der Waals surface area contributed by atoms with Crippen LogP contribution in [-0.4, -0.2) is 55.6 Å². The fourth-order valence-corrected chi connectivity index (χ4v) is 3.72. The Balaban J connectivity index is 1.75. The number of ether oxygens (including phenoxy) is 1. The van der Waals surface area contributed by atoms with E-state index in [9.17, 15) is 4.79 Å². The third-order valence-electron chi connectivity index (χ3n) is 5.68. The topological polar surface area (TPSA) is 66.0 Å². The number of nitrogens with one attached hydrogen (secondary N) is 2. The molecule has 1 unspecified atom stereocenters. The second kappa shape index (κ2) is 11.7. The molecule has 6 nitrogen and oxygen atoms in total. The molecular formula is C23H38N4O2. The smallest absolute Gasteiger partial charge is 0.225 e. The SMILES string of the molecule is CCC(CC)C(=O)N1CCC(NC(=NC)NCC(C)Oc2ccccc2C)CC1. The molecule has 1 amide bonds. The number of nitrogens with zero attached hydrogens (tertiary/aromatic N) is 2. The quantitative estimate of drug-likeness (QED) is 0.517. The second-order valence-corrected chi connectivity index (χ2v) is 7.90. The number of amides is 1. The molecular weight excluding hydrogens is 364 g/mol. The number of aryl methyl sites for hydroxylation is 1. The third-order valence-corrected chi connectivity index (χ3v) is 5.68. The first-order chi connectivity index (χ1) is 14.0. The first-order valence-corrected chi connectivity index (χ1v) is 11.0. The number of piperidine rings is 1. The van der Waals surface area contributed by atoms with E-state index >= 15 is 0 Å². The number of hydrogen-bond donors (Lipinski definition) is 2. The van der Waals surface area contributed by atoms with E-state index in [4.69, 9.17) is 4.74 Å². The summed E-state index contributed by atoms with van der Waals surface area (Å²) in [6.07, 6.45) is 3.76. The normalized spacial score (nSPS) is 16.6. The molecule has 1 atom stereocenters. The van der Waals surface area contributed by atoms with E-state index in [1.807, 2.05) is 23.1 Å². The van der Waals surface area contributed by atoms with Crippen molar-refractivity contribution in [3.05, 3.63) is 29.8 Å². The van der Waals surface area contributed by atoms with Crippen LogP contribution >= 0.6 is 0 Å². The Hall–Kier alpha value is -2.24. The molecule has 1 aromatic carbocycles. The highest BCUT2D eigenvalue weighted by atomic mass is 16.5. The van der Waals surface area contributed by atoms with Crippen LogP contribution in [-0.2, 0) is 4.79 Å². The lowest BCUT2D eigenvalue weighted by Gasteiger charge is -2.35. The molecule has 1 saturated heterocycles. The van der Waals surface area contributed by atoms with Crippen LogP contribution in [0.1, 0.15) is 52.0 Å². The summed E-state index contributed by atoms with van der Waals surface area (Å²) < 4.78 is 6.02. The van der Waals surface area contributed by atoms with Crippen molar-refractivity contribution < 1.29 is 9.53 Å². The highest BCUT2D eigenvalue weighted by Crippen LogP contribution is 2.18. The van der Waals surface area contributed by atoms with Crippen molar-refractivity contribution in [2.24, 2.45) is 10.9 Å². The number of rotatable bonds is 8. The van der Waals surface area contributed by atoms with Crippen molar-refractivity contribution in [3.63, 3.8) is 0 Å². The third kappa shape index (κ3) is 6.94. The zero-order valence-corrected chi connectivity index (χ0v) is 18.7. The fraction of sp³-hybridized carbons (Fsp3) is 0.652. The zero-order valence-electron chi connectivity index (χ0n) is 18.7. The Morgan fingerprint density at radius 3 is 2.48 bits per heavy atom. The number of hydrogen-bond acceptors (Lipinski definition) is 3. The van der Waals surface area contributed by atoms with Gasteiger partial charge in [-0.2, -0.15) is 0 Å². The van der Waals surface area contributed by atoms with Gasteiger partial charge in [0, 0.05) is 32.1 Å². The van der Waals surface area contributed by atoms with Crippen LogP contribution in [0.2, 0.25) is 0 Å². The van der Waals surface area contributed by atoms with E-state index in [1.165, 1.54) is 0 Å². The molecule has 6 heteroatoms. The summed E-state index contributed by atoms with van der Waals surface area (Å²) in [7, 11) is 1.79. The first kappa shape index (κ1) is 23.0. The largest absolute Gasteiger partial charge is 0.489 e. The van der Waals surface area contributed by atoms with Crippen molar-refractivity contribution >= 4 is 11.9 Å². The summed E-state index contributed by atoms with van der Waals surface area (Å²) in [5.74, 6) is 2.19. The van der Waals surface area contributed by atoms with Gasteiger partial charge >= 0.3 is 0 Å². The van der Waals surface area contributed by atoms with Crippen LogP contribution in [0.3, 0.4) is 0 Å². The van der Waals surface area contributed by atoms with Gasteiger partial charge in [0.25, 0.3) is 0 Å². The number of para-hydroxylation sites is 1. The summed E-state index contributed by atoms with van der Waals surface area (Å²) in [6, 6.07) is 8.38. The Bertz CT molecular complexity index is 665. The van der Waals surface area contributed by atoms with Crippen molar-refractivity contribution in [2.75, 3.05) is 26.7 Å². The lowest BCUT2D eigenvalue weighted by Crippen LogP contribution is -2.51. The monoisotopic (exact) mass is 402 g/mol. The maximum absolute atomic E-state index is 12.6. The van der Waals surface area contributed by atoms with Gasteiger partial charge in [0.2, 0.25) is 5.91 Å². The molecule has 0 radical (unpaired) electrons. The van der Waals surface area contributed by atoms with Gasteiger partial charge in [-0.15, -0.1) is 0 Å². The Morgan fingerprint density at radius 2 is 1.90 bits per heavy atom. The standard InChI is InChI=1S/C23H38N4O2/c1-6-19(7-2)22(28)27-14-12-20(13-15-27)26-23(24-5)25-16-18(4)29-21-11-9-8-10-17(21)3/h8-11,18-20H,6-7,12-16H2,1-5H3,(H2,24,25,26). The minimum absolute atomic E-state index is 0.0224. The van der Waals surface area contributed by atoms with Gasteiger partial charge < -0.3 is 20.3 Å². The van der Waals surface area contributed by atoms with E-state index in [-0.39, 0.29) is 12.0 Å². The summed E-state index contributed by atoms with van der Waals surface area (Å²) in [5, 5.41) is 6.86. The van der Waals surface area contributed by atoms with Crippen molar-refractivity contribution in [1.82, 2.24) is 15.5 Å². The average Bonchev–Trinajstić information content (AvgIpc) is 2.74. The molecule has 0 spiro atoms. The van der Waals surface area contributed by atoms with Crippen molar-refractivity contribution in [2.45, 2.75) is 65.5 Å². The van der Waals surface area contributed by atoms with Crippen LogP contribution in [0, 0.1) is 12.8 Å². The molecule has 0 aromatic heterocycles. The number of benzene rings is 1. The molecule has 162 valence electrons. The number of carbonyl (C=O) groups is 1. The zero-order chi connectivity index (χ0) is 21.2. The highest BCUT2D eigenvalue weighted by molar-refractivity contribution is 5.80. The van der Waals surface area contributed by atoms with Gasteiger partial charge in [-0.05, 0) is 51.2 Å². The number of guanidine groups is 1. The van der Waals surface area contributed by atoms with Gasteiger partial charge in [0.1, 0.15) is 11.9 Å². The second-order valence-electron chi connectivity index (χ2n) is 7.90. The van der Waals surface area contributed by atoms with Crippen LogP contribution in [0.25, 0.3) is 0 Å². The van der Waals surface area contributed by atoms with Gasteiger partial charge in [-0.25, -0.2) is 0 Å². The summed E-state index contributed by atoms with van der Waals surface area (Å²) in [5.41, 5.74) is 1.14. The maximum atomic E-state index is 12.6. The van der Waals surface area contributed by atoms with Crippen LogP contribution < -0.4 is 15.4 Å². The van der Waals surface area contributed by atoms with Crippen molar-refractivity contribution in [3.8, 4) is 5.75 Å². The molecule has 1 aromatic rings. The van der Waals surface area contributed by atoms with Gasteiger partial charge in [0.15, 0.2) is 5.96 Å². The van der Waals surface area contributed by atoms with Crippen LogP contribution in [0.4, 0.5) is 0 Å². The van der Waals surface area contributed by atoms with Gasteiger partial charge in [-0.1, -0.05) is 32.0 Å². The maximum Gasteiger partial charge on any atom is 0.225 e. The molecule has 1 aliphatic heterocycles. The van der Waals surface area contributed by atoms with Gasteiger partial charge in [-0.3, -0.25) is 9.79 Å². The van der Waals surface area contributed by atoms with E-state index < -0.39 is 0 Å². The summed E-state index contributed by atoms with van der Waals surface area (Å²) >= 11 is 0. The summed E-state index contributed by atoms with van der Waals surface area (Å²) in [6.45, 7) is 10.6. The predicted molar refractivity (Wildman–Crippen MR) is 119 cm³/mol. The van der Waals surface area contributed by atoms with E-state index in [0.29, 0.717) is 18.5 Å². The Morgan fingerprint density at radius 1 is 1.24 bits per heavy atom. The lowest BCUT2D eigenvalue weighted by atomic mass is 9.98. The number of likely N-dealkylation sites (tertiary alicyclic amines) is 1. The Kier molecular flexibility index (Phi) is 9.29. The fourth-order valence-electron chi connectivity index (χ4n) is 3.72. The van der Waals surface area contributed by atoms with Gasteiger partial charge in [0.05, 0.1) is 6.54 Å². The molecule has 1 heterocycles. The molecule has 1 fully saturated rings. The number of aliphatic imine (C=N–C) groups is 1. The minimum Gasteiger partial charge on any atom is -0.489 e. The molecule has 29 heavy (non-hydrogen) atoms. The average molecular weight is 403 g/mol. The molecule has 0 saturated carbocycles. The lowest BCUT2D eigenvalue weighted by molar-refractivity contribution is -0.136. The van der Waals surface area contributed by atoms with E-state index in [0.717, 1.165) is 56.0 Å². The molecule has 0 aliphatic carbocycles. The minimum atomic E-state index is 0.0224. The molecule has 2 rings (SSSR count). The molecule has 1 aliphatic rings. The van der Waals surface area contributed by atoms with E-state index in [2.05, 4.69) is 49.4 Å². The van der Waals surface area contributed by atoms with E-state index in [1.54, 1.807) is 7.05 Å². The van der Waals surface area contributed by atoms with Crippen LogP contribution in [0.5, 0.6) is 5.75 Å². The molecule has 2 N–H and O–H groups in total. The summed E-state index contributed by atoms with van der Waals surface area (Å²) in [4.78, 5) is 18.9. The first-order valence-electron chi connectivity index (χ1n) is 11.0.